The van der Waals surface area contributed by atoms with Crippen molar-refractivity contribution >= 4 is 41.1 Å². The van der Waals surface area contributed by atoms with E-state index in [2.05, 4.69) is 0 Å². The maximum atomic E-state index is 12.8. The monoisotopic (exact) mass is 531 g/mol. The minimum Gasteiger partial charge on any atom is -0.497 e. The van der Waals surface area contributed by atoms with Crippen LogP contribution in [0.3, 0.4) is 0 Å². The molecule has 2 aromatic rings. The van der Waals surface area contributed by atoms with Crippen molar-refractivity contribution in [3.63, 3.8) is 0 Å². The molecule has 2 unspecified atom stereocenters. The minimum absolute atomic E-state index is 0.0275. The topological polar surface area (TPSA) is 82.1 Å². The van der Waals surface area contributed by atoms with Crippen LogP contribution in [0.4, 0.5) is 0 Å². The number of hydrogen-bond donors (Lipinski definition) is 0. The lowest BCUT2D eigenvalue weighted by atomic mass is 9.98. The normalized spacial score (nSPS) is 17.9. The summed E-state index contributed by atoms with van der Waals surface area (Å²) in [5.41, 5.74) is 1.99. The molecule has 0 aromatic heterocycles. The Hall–Kier alpha value is -2.81. The largest absolute Gasteiger partial charge is 0.497 e. The molecule has 1 fully saturated rings. The molecule has 0 aliphatic carbocycles. The number of halogens is 1. The summed E-state index contributed by atoms with van der Waals surface area (Å²) >= 11 is 7.89. The van der Waals surface area contributed by atoms with Crippen LogP contribution in [-0.2, 0) is 19.1 Å². The first-order valence-electron chi connectivity index (χ1n) is 11.6. The fourth-order valence-corrected chi connectivity index (χ4v) is 5.49. The van der Waals surface area contributed by atoms with Gasteiger partial charge in [-0.2, -0.15) is 0 Å². The summed E-state index contributed by atoms with van der Waals surface area (Å²) in [5.74, 6) is -0.0525. The van der Waals surface area contributed by atoms with Crippen LogP contribution in [0, 0.1) is 0 Å². The van der Waals surface area contributed by atoms with Crippen molar-refractivity contribution in [3.05, 3.63) is 76.3 Å². The number of hydrogen-bond acceptors (Lipinski definition) is 8. The number of rotatable bonds is 10. The molecule has 0 saturated carbocycles. The third-order valence-electron chi connectivity index (χ3n) is 5.86. The molecule has 1 heterocycles. The Labute approximate surface area is 220 Å². The molecule has 0 bridgehead atoms. The van der Waals surface area contributed by atoms with Gasteiger partial charge in [-0.25, -0.2) is 9.59 Å². The second-order valence-corrected chi connectivity index (χ2v) is 9.73. The molecule has 36 heavy (non-hydrogen) atoms. The van der Waals surface area contributed by atoms with Crippen molar-refractivity contribution in [1.82, 2.24) is 4.90 Å². The number of carbonyl (C=O) groups is 3. The molecule has 9 heteroatoms. The van der Waals surface area contributed by atoms with Crippen molar-refractivity contribution in [2.45, 2.75) is 24.6 Å². The highest BCUT2D eigenvalue weighted by molar-refractivity contribution is 8.00. The maximum Gasteiger partial charge on any atom is 0.330 e. The first kappa shape index (κ1) is 27.8. The lowest BCUT2D eigenvalue weighted by Gasteiger charge is -2.38. The van der Waals surface area contributed by atoms with Gasteiger partial charge in [0.1, 0.15) is 11.8 Å². The number of piperidine rings is 1. The predicted molar refractivity (Wildman–Crippen MR) is 141 cm³/mol. The Morgan fingerprint density at radius 1 is 1.17 bits per heavy atom. The SMILES string of the molecule is CCOC(=O)C=C1CN(C(C(=O)OC)c2ccccc2Cl)CCC1SCC(=O)c1cccc(OC)c1. The molecule has 1 aliphatic rings. The first-order valence-corrected chi connectivity index (χ1v) is 13.0. The molecule has 1 saturated heterocycles. The number of esters is 2. The molecule has 7 nitrogen and oxygen atoms in total. The Morgan fingerprint density at radius 2 is 1.94 bits per heavy atom. The molecule has 2 atom stereocenters. The van der Waals surface area contributed by atoms with E-state index in [-0.39, 0.29) is 23.4 Å². The highest BCUT2D eigenvalue weighted by Crippen LogP contribution is 2.35. The minimum atomic E-state index is -0.723. The Balaban J connectivity index is 1.81. The highest BCUT2D eigenvalue weighted by Gasteiger charge is 2.35. The number of ether oxygens (including phenoxy) is 3. The van der Waals surface area contributed by atoms with Gasteiger partial charge >= 0.3 is 11.9 Å². The summed E-state index contributed by atoms with van der Waals surface area (Å²) in [6.07, 6.45) is 2.10. The van der Waals surface area contributed by atoms with E-state index in [1.54, 1.807) is 56.5 Å². The lowest BCUT2D eigenvalue weighted by Crippen LogP contribution is -2.43. The Kier molecular flexibility index (Phi) is 10.4. The van der Waals surface area contributed by atoms with E-state index < -0.39 is 18.0 Å². The standard InChI is InChI=1S/C27H30ClNO6S/c1-4-35-25(31)15-19-16-29(26(27(32)34-3)21-10-5-6-11-22(21)28)13-12-24(19)36-17-23(30)18-8-7-9-20(14-18)33-2/h5-11,14-15,24,26H,4,12-13,16-17H2,1-3H3. The van der Waals surface area contributed by atoms with Crippen LogP contribution >= 0.6 is 23.4 Å². The molecule has 0 spiro atoms. The van der Waals surface area contributed by atoms with E-state index in [4.69, 9.17) is 25.8 Å². The molecule has 192 valence electrons. The van der Waals surface area contributed by atoms with Gasteiger partial charge in [0, 0.05) is 35.0 Å². The van der Waals surface area contributed by atoms with Crippen LogP contribution in [0.5, 0.6) is 5.75 Å². The third kappa shape index (κ3) is 7.12. The second-order valence-electron chi connectivity index (χ2n) is 8.13. The Bertz CT molecular complexity index is 1120. The molecule has 1 aliphatic heterocycles. The van der Waals surface area contributed by atoms with Crippen molar-refractivity contribution in [1.29, 1.82) is 0 Å². The molecule has 0 N–H and O–H groups in total. The van der Waals surface area contributed by atoms with E-state index in [1.807, 2.05) is 11.0 Å². The van der Waals surface area contributed by atoms with E-state index >= 15 is 0 Å². The van der Waals surface area contributed by atoms with E-state index in [9.17, 15) is 14.4 Å². The summed E-state index contributed by atoms with van der Waals surface area (Å²) in [5, 5.41) is 0.369. The van der Waals surface area contributed by atoms with Gasteiger partial charge in [0.2, 0.25) is 0 Å². The maximum absolute atomic E-state index is 12.8. The zero-order valence-electron chi connectivity index (χ0n) is 20.6. The van der Waals surface area contributed by atoms with E-state index in [1.165, 1.54) is 24.9 Å². The van der Waals surface area contributed by atoms with Crippen molar-refractivity contribution in [3.8, 4) is 5.75 Å². The summed E-state index contributed by atoms with van der Waals surface area (Å²) in [6, 6.07) is 13.5. The third-order valence-corrected chi connectivity index (χ3v) is 7.58. The van der Waals surface area contributed by atoms with Crippen molar-refractivity contribution < 1.29 is 28.6 Å². The lowest BCUT2D eigenvalue weighted by molar-refractivity contribution is -0.147. The fraction of sp³-hybridized carbons (Fsp3) is 0.370. The molecular weight excluding hydrogens is 502 g/mol. The van der Waals surface area contributed by atoms with Gasteiger partial charge < -0.3 is 14.2 Å². The van der Waals surface area contributed by atoms with Gasteiger partial charge in [-0.1, -0.05) is 41.9 Å². The van der Waals surface area contributed by atoms with Crippen LogP contribution in [0.15, 0.2) is 60.2 Å². The van der Waals surface area contributed by atoms with E-state index in [0.29, 0.717) is 41.4 Å². The molecular formula is C27H30ClNO6S. The van der Waals surface area contributed by atoms with Gasteiger partial charge in [0.25, 0.3) is 0 Å². The smallest absolute Gasteiger partial charge is 0.330 e. The summed E-state index contributed by atoms with van der Waals surface area (Å²) in [7, 11) is 2.90. The molecule has 3 rings (SSSR count). The number of nitrogens with zero attached hydrogens (tertiary/aromatic N) is 1. The number of likely N-dealkylation sites (tertiary alicyclic amines) is 1. The summed E-state index contributed by atoms with van der Waals surface area (Å²) in [4.78, 5) is 39.9. The van der Waals surface area contributed by atoms with Crippen LogP contribution in [0.1, 0.15) is 35.3 Å². The number of benzene rings is 2. The first-order chi connectivity index (χ1) is 17.4. The second kappa shape index (κ2) is 13.5. The number of ketones is 1. The summed E-state index contributed by atoms with van der Waals surface area (Å²) < 4.78 is 15.5. The van der Waals surface area contributed by atoms with Crippen molar-refractivity contribution in [2.75, 3.05) is 39.7 Å². The fourth-order valence-electron chi connectivity index (χ4n) is 4.11. The molecule has 0 amide bonds. The van der Waals surface area contributed by atoms with Gasteiger partial charge in [-0.15, -0.1) is 11.8 Å². The predicted octanol–water partition coefficient (Wildman–Crippen LogP) is 4.74. The van der Waals surface area contributed by atoms with Crippen LogP contribution in [0.25, 0.3) is 0 Å². The van der Waals surface area contributed by atoms with Gasteiger partial charge in [0.15, 0.2) is 5.78 Å². The van der Waals surface area contributed by atoms with Gasteiger partial charge in [0.05, 0.1) is 26.6 Å². The van der Waals surface area contributed by atoms with Crippen LogP contribution < -0.4 is 4.74 Å². The molecule has 2 aromatic carbocycles. The van der Waals surface area contributed by atoms with Crippen molar-refractivity contribution in [2.24, 2.45) is 0 Å². The number of thioether (sulfide) groups is 1. The van der Waals surface area contributed by atoms with E-state index in [0.717, 1.165) is 5.57 Å². The molecule has 0 radical (unpaired) electrons. The van der Waals surface area contributed by atoms with Crippen LogP contribution in [-0.4, -0.2) is 67.5 Å². The zero-order chi connectivity index (χ0) is 26.1. The van der Waals surface area contributed by atoms with Gasteiger partial charge in [-0.3, -0.25) is 9.69 Å². The highest BCUT2D eigenvalue weighted by atomic mass is 35.5. The number of methoxy groups -OCH3 is 2. The number of Topliss-reactive ketones (excluding diaryl/α,β-unsaturated/α-hetero) is 1. The zero-order valence-corrected chi connectivity index (χ0v) is 22.1. The average Bonchev–Trinajstić information content (AvgIpc) is 2.89. The quantitative estimate of drug-likeness (QED) is 0.247. The Morgan fingerprint density at radius 3 is 2.64 bits per heavy atom. The number of carbonyl (C=O) groups excluding carboxylic acids is 3. The summed E-state index contributed by atoms with van der Waals surface area (Å²) in [6.45, 7) is 2.88. The van der Waals surface area contributed by atoms with Gasteiger partial charge in [-0.05, 0) is 42.7 Å². The average molecular weight is 532 g/mol. The van der Waals surface area contributed by atoms with Crippen LogP contribution in [0.2, 0.25) is 5.02 Å².